The monoisotopic (exact) mass is 571 g/mol. The van der Waals surface area contributed by atoms with Gasteiger partial charge in [0.15, 0.2) is 5.60 Å². The topological polar surface area (TPSA) is 86.1 Å². The Labute approximate surface area is 238 Å². The molecule has 0 spiro atoms. The van der Waals surface area contributed by atoms with Crippen LogP contribution in [0, 0.1) is 6.92 Å². The number of nitrogens with zero attached hydrogens (tertiary/aromatic N) is 3. The summed E-state index contributed by atoms with van der Waals surface area (Å²) in [6.07, 6.45) is -1.04. The third kappa shape index (κ3) is 7.71. The van der Waals surface area contributed by atoms with Gasteiger partial charge < -0.3 is 14.9 Å². The van der Waals surface area contributed by atoms with Crippen molar-refractivity contribution in [3.8, 4) is 11.1 Å². The first-order valence-electron chi connectivity index (χ1n) is 13.6. The maximum absolute atomic E-state index is 13.2. The lowest BCUT2D eigenvalue weighted by atomic mass is 9.92. The zero-order chi connectivity index (χ0) is 29.6. The zero-order valence-corrected chi connectivity index (χ0v) is 23.3. The number of halogens is 3. The number of hydrogen-bond donors (Lipinski definition) is 2. The molecule has 2 aromatic carbocycles. The number of aliphatic hydroxyl groups excluding tert-OH is 1. The molecule has 1 aliphatic heterocycles. The Bertz CT molecular complexity index is 1300. The highest BCUT2D eigenvalue weighted by atomic mass is 19.4. The lowest BCUT2D eigenvalue weighted by Gasteiger charge is -2.41. The van der Waals surface area contributed by atoms with Crippen LogP contribution >= 0.6 is 0 Å². The van der Waals surface area contributed by atoms with E-state index >= 15 is 0 Å². The van der Waals surface area contributed by atoms with Crippen molar-refractivity contribution >= 4 is 5.97 Å². The van der Waals surface area contributed by atoms with Crippen LogP contribution in [0.3, 0.4) is 0 Å². The molecule has 7 nitrogen and oxygen atoms in total. The van der Waals surface area contributed by atoms with Crippen LogP contribution in [0.25, 0.3) is 11.1 Å². The fourth-order valence-electron chi connectivity index (χ4n) is 5.18. The van der Waals surface area contributed by atoms with Crippen LogP contribution in [-0.2, 0) is 28.2 Å². The first kappa shape index (κ1) is 30.6. The largest absolute Gasteiger partial charge is 0.463 e. The molecule has 220 valence electrons. The second-order valence-electron chi connectivity index (χ2n) is 10.7. The third-order valence-electron chi connectivity index (χ3n) is 7.59. The smallest absolute Gasteiger partial charge is 0.421 e. The second kappa shape index (κ2) is 13.1. The van der Waals surface area contributed by atoms with Gasteiger partial charge in [0, 0.05) is 51.2 Å². The van der Waals surface area contributed by atoms with E-state index in [1.165, 1.54) is 12.1 Å². The van der Waals surface area contributed by atoms with Crippen LogP contribution < -0.4 is 0 Å². The number of esters is 1. The molecule has 1 aliphatic rings. The molecule has 1 unspecified atom stereocenters. The molecule has 3 aromatic rings. The highest BCUT2D eigenvalue weighted by Gasteiger charge is 2.51. The van der Waals surface area contributed by atoms with Gasteiger partial charge in [-0.15, -0.1) is 0 Å². The van der Waals surface area contributed by atoms with E-state index in [0.29, 0.717) is 13.1 Å². The summed E-state index contributed by atoms with van der Waals surface area (Å²) in [5.41, 5.74) is 1.68. The number of aliphatic hydroxyl groups is 2. The first-order chi connectivity index (χ1) is 19.5. The van der Waals surface area contributed by atoms with Crippen molar-refractivity contribution in [1.82, 2.24) is 14.8 Å². The number of ether oxygens (including phenoxy) is 1. The predicted octanol–water partition coefficient (Wildman–Crippen LogP) is 4.44. The van der Waals surface area contributed by atoms with Crippen molar-refractivity contribution < 1.29 is 32.9 Å². The molecule has 0 amide bonds. The fraction of sp³-hybridized carbons (Fsp3) is 0.419. The summed E-state index contributed by atoms with van der Waals surface area (Å²) < 4.78 is 44.8. The van der Waals surface area contributed by atoms with Gasteiger partial charge in [-0.3, -0.25) is 19.6 Å². The molecular weight excluding hydrogens is 535 g/mol. The van der Waals surface area contributed by atoms with Crippen LogP contribution in [0.2, 0.25) is 0 Å². The summed E-state index contributed by atoms with van der Waals surface area (Å²) in [7, 11) is 0. The third-order valence-corrected chi connectivity index (χ3v) is 7.59. The van der Waals surface area contributed by atoms with Gasteiger partial charge in [-0.25, -0.2) is 0 Å². The average molecular weight is 572 g/mol. The van der Waals surface area contributed by atoms with Crippen molar-refractivity contribution in [2.45, 2.75) is 51.2 Å². The minimum atomic E-state index is -4.77. The highest BCUT2D eigenvalue weighted by Crippen LogP contribution is 2.39. The minimum absolute atomic E-state index is 0.0261. The quantitative estimate of drug-likeness (QED) is 0.348. The van der Waals surface area contributed by atoms with Crippen LogP contribution in [-0.4, -0.2) is 76.0 Å². The van der Waals surface area contributed by atoms with E-state index < -0.39 is 11.8 Å². The van der Waals surface area contributed by atoms with Gasteiger partial charge in [-0.1, -0.05) is 42.5 Å². The minimum Gasteiger partial charge on any atom is -0.463 e. The zero-order valence-electron chi connectivity index (χ0n) is 23.3. The van der Waals surface area contributed by atoms with E-state index in [-0.39, 0.29) is 37.2 Å². The maximum Gasteiger partial charge on any atom is 0.421 e. The van der Waals surface area contributed by atoms with Crippen molar-refractivity contribution in [3.05, 3.63) is 89.2 Å². The second-order valence-corrected chi connectivity index (χ2v) is 10.7. The van der Waals surface area contributed by atoms with Crippen LogP contribution in [0.5, 0.6) is 0 Å². The summed E-state index contributed by atoms with van der Waals surface area (Å²) in [6.45, 7) is 6.10. The molecule has 41 heavy (non-hydrogen) atoms. The van der Waals surface area contributed by atoms with Crippen LogP contribution in [0.4, 0.5) is 13.2 Å². The van der Waals surface area contributed by atoms with E-state index in [2.05, 4.69) is 20.9 Å². The van der Waals surface area contributed by atoms with Crippen molar-refractivity contribution in [3.63, 3.8) is 0 Å². The fourth-order valence-corrected chi connectivity index (χ4v) is 5.18. The van der Waals surface area contributed by atoms with Crippen molar-refractivity contribution in [2.75, 3.05) is 32.8 Å². The summed E-state index contributed by atoms with van der Waals surface area (Å²) in [5.74, 6) is -0.348. The molecule has 1 aromatic heterocycles. The summed E-state index contributed by atoms with van der Waals surface area (Å²) in [5, 5.41) is 19.0. The number of carbonyl (C=O) groups is 1. The van der Waals surface area contributed by atoms with Gasteiger partial charge >= 0.3 is 12.1 Å². The van der Waals surface area contributed by atoms with Gasteiger partial charge in [-0.05, 0) is 59.4 Å². The number of benzene rings is 2. The van der Waals surface area contributed by atoms with Crippen molar-refractivity contribution in [1.29, 1.82) is 0 Å². The number of pyridine rings is 1. The maximum atomic E-state index is 13.2. The van der Waals surface area contributed by atoms with E-state index in [9.17, 15) is 23.1 Å². The molecule has 2 atom stereocenters. The molecule has 1 fully saturated rings. The molecule has 0 saturated carbocycles. The number of carbonyl (C=O) groups excluding carboxylic acids is 1. The van der Waals surface area contributed by atoms with Gasteiger partial charge in [0.2, 0.25) is 0 Å². The van der Waals surface area contributed by atoms with E-state index in [4.69, 9.17) is 9.84 Å². The summed E-state index contributed by atoms with van der Waals surface area (Å²) in [6, 6.07) is 15.7. The molecule has 10 heteroatoms. The van der Waals surface area contributed by atoms with Gasteiger partial charge in [0.05, 0.1) is 13.0 Å². The molecule has 0 bridgehead atoms. The molecule has 1 saturated heterocycles. The predicted molar refractivity (Wildman–Crippen MR) is 149 cm³/mol. The number of alkyl halides is 3. The van der Waals surface area contributed by atoms with Gasteiger partial charge in [0.25, 0.3) is 0 Å². The average Bonchev–Trinajstić information content (AvgIpc) is 2.93. The Balaban J connectivity index is 1.47. The van der Waals surface area contributed by atoms with Crippen molar-refractivity contribution in [2.24, 2.45) is 0 Å². The number of rotatable bonds is 10. The van der Waals surface area contributed by atoms with Crippen LogP contribution in [0.1, 0.15) is 35.6 Å². The molecule has 2 heterocycles. The summed E-state index contributed by atoms with van der Waals surface area (Å²) >= 11 is 0. The Morgan fingerprint density at radius 3 is 2.37 bits per heavy atom. The number of hydrogen-bond acceptors (Lipinski definition) is 7. The number of piperazine rings is 1. The Morgan fingerprint density at radius 2 is 1.73 bits per heavy atom. The Kier molecular flexibility index (Phi) is 9.80. The Hall–Kier alpha value is -3.31. The molecule has 0 radical (unpaired) electrons. The number of aromatic nitrogens is 1. The Morgan fingerprint density at radius 1 is 1.02 bits per heavy atom. The van der Waals surface area contributed by atoms with Gasteiger partial charge in [0.1, 0.15) is 6.61 Å². The highest BCUT2D eigenvalue weighted by molar-refractivity contribution is 5.70. The first-order valence-corrected chi connectivity index (χ1v) is 13.6. The van der Waals surface area contributed by atoms with Gasteiger partial charge in [-0.2, -0.15) is 13.2 Å². The molecule has 0 aliphatic carbocycles. The van der Waals surface area contributed by atoms with E-state index in [1.807, 2.05) is 31.2 Å². The molecule has 4 rings (SSSR count). The standard InChI is InChI=1S/C31H36F3N3O4/c1-22-17-24(3-8-28(22)25-4-6-26(7-5-25)30(2,40)31(32,33)34)20-37-14-13-36(19-23-9-11-35-12-10-23)21-27(37)18-29(39)41-16-15-38/h3-12,17,27,38,40H,13-16,18-21H2,1-2H3/t27-,30?/m0/s1. The van der Waals surface area contributed by atoms with Crippen LogP contribution in [0.15, 0.2) is 67.0 Å². The molecule has 2 N–H and O–H groups in total. The molecular formula is C31H36F3N3O4. The summed E-state index contributed by atoms with van der Waals surface area (Å²) in [4.78, 5) is 21.1. The lowest BCUT2D eigenvalue weighted by molar-refractivity contribution is -0.258. The lowest BCUT2D eigenvalue weighted by Crippen LogP contribution is -2.53. The van der Waals surface area contributed by atoms with E-state index in [1.54, 1.807) is 24.5 Å². The normalized spacial score (nSPS) is 18.2. The number of aryl methyl sites for hydroxylation is 1. The SMILES string of the molecule is Cc1cc(CN2CCN(Cc3ccncc3)C[C@@H]2CC(=O)OCCO)ccc1-c1ccc(C(C)(O)C(F)(F)F)cc1. The van der Waals surface area contributed by atoms with E-state index in [0.717, 1.165) is 54.4 Å².